The van der Waals surface area contributed by atoms with Gasteiger partial charge in [0, 0.05) is 18.8 Å². The van der Waals surface area contributed by atoms with Crippen LogP contribution in [0.4, 0.5) is 10.5 Å². The molecule has 0 saturated carbocycles. The summed E-state index contributed by atoms with van der Waals surface area (Å²) in [7, 11) is 1.66. The summed E-state index contributed by atoms with van der Waals surface area (Å²) >= 11 is 0. The summed E-state index contributed by atoms with van der Waals surface area (Å²) in [5.74, 6) is 1.34. The monoisotopic (exact) mass is 350 g/mol. The fourth-order valence-corrected chi connectivity index (χ4v) is 3.23. The van der Waals surface area contributed by atoms with Crippen molar-refractivity contribution < 1.29 is 9.53 Å². The molecule has 4 heteroatoms. The highest BCUT2D eigenvalue weighted by Crippen LogP contribution is 2.22. The number of hydrogen-bond acceptors (Lipinski definition) is 2. The summed E-state index contributed by atoms with van der Waals surface area (Å²) in [6.07, 6.45) is 7.73. The van der Waals surface area contributed by atoms with Crippen molar-refractivity contribution in [3.63, 3.8) is 0 Å². The quantitative estimate of drug-likeness (QED) is 0.738. The first-order valence-corrected chi connectivity index (χ1v) is 9.13. The second-order valence-electron chi connectivity index (χ2n) is 6.68. The molecule has 0 heterocycles. The number of hydrogen-bond donors (Lipinski definition) is 1. The molecule has 2 amide bonds. The van der Waals surface area contributed by atoms with Crippen LogP contribution >= 0.6 is 0 Å². The van der Waals surface area contributed by atoms with Crippen LogP contribution in [0.5, 0.6) is 5.75 Å². The van der Waals surface area contributed by atoms with E-state index in [-0.39, 0.29) is 6.03 Å². The Labute approximate surface area is 155 Å². The minimum atomic E-state index is -0.0541. The summed E-state index contributed by atoms with van der Waals surface area (Å²) in [5.41, 5.74) is 1.92. The predicted octanol–water partition coefficient (Wildman–Crippen LogP) is 5.09. The van der Waals surface area contributed by atoms with Crippen molar-refractivity contribution in [2.75, 3.05) is 19.0 Å². The third-order valence-corrected chi connectivity index (χ3v) is 4.70. The van der Waals surface area contributed by atoms with Crippen molar-refractivity contribution in [3.8, 4) is 5.75 Å². The number of nitrogens with one attached hydrogen (secondary N) is 1. The number of benzene rings is 2. The molecule has 0 fully saturated rings. The van der Waals surface area contributed by atoms with Crippen LogP contribution in [0.2, 0.25) is 0 Å². The van der Waals surface area contributed by atoms with Gasteiger partial charge in [-0.1, -0.05) is 42.5 Å². The maximum Gasteiger partial charge on any atom is 0.322 e. The van der Waals surface area contributed by atoms with Gasteiger partial charge >= 0.3 is 6.03 Å². The minimum absolute atomic E-state index is 0.0541. The van der Waals surface area contributed by atoms with Gasteiger partial charge in [-0.25, -0.2) is 4.79 Å². The Hall–Kier alpha value is -2.75. The molecule has 1 aliphatic rings. The molecule has 0 bridgehead atoms. The average molecular weight is 350 g/mol. The largest absolute Gasteiger partial charge is 0.497 e. The van der Waals surface area contributed by atoms with Gasteiger partial charge in [0.15, 0.2) is 0 Å². The zero-order valence-corrected chi connectivity index (χ0v) is 15.2. The average Bonchev–Trinajstić information content (AvgIpc) is 2.69. The standard InChI is InChI=1S/C22H26N2O2/c1-26-21-14-12-19(13-15-21)17-24(16-18-8-4-2-5-9-18)22(25)23-20-10-6-3-7-11-20/h2-4,6-7,10-15,18H,5,8-9,16-17H2,1H3,(H,23,25)/t18-/m0/s1. The zero-order chi connectivity index (χ0) is 18.2. The fraction of sp³-hybridized carbons (Fsp3) is 0.318. The van der Waals surface area contributed by atoms with Crippen molar-refractivity contribution in [3.05, 3.63) is 72.3 Å². The molecule has 0 spiro atoms. The normalized spacial score (nSPS) is 16.1. The first-order chi connectivity index (χ1) is 12.7. The van der Waals surface area contributed by atoms with Gasteiger partial charge in [0.05, 0.1) is 7.11 Å². The summed E-state index contributed by atoms with van der Waals surface area (Å²) in [4.78, 5) is 14.8. The Morgan fingerprint density at radius 1 is 1.12 bits per heavy atom. The number of amides is 2. The first-order valence-electron chi connectivity index (χ1n) is 9.13. The van der Waals surface area contributed by atoms with E-state index in [2.05, 4.69) is 17.5 Å². The van der Waals surface area contributed by atoms with Crippen LogP contribution in [0.3, 0.4) is 0 Å². The lowest BCUT2D eigenvalue weighted by Crippen LogP contribution is -2.38. The Balaban J connectivity index is 1.71. The number of rotatable bonds is 6. The van der Waals surface area contributed by atoms with E-state index in [0.29, 0.717) is 12.5 Å². The highest BCUT2D eigenvalue weighted by atomic mass is 16.5. The van der Waals surface area contributed by atoms with Gasteiger partial charge in [-0.2, -0.15) is 0 Å². The third kappa shape index (κ3) is 5.12. The Kier molecular flexibility index (Phi) is 6.31. The molecule has 3 rings (SSSR count). The highest BCUT2D eigenvalue weighted by Gasteiger charge is 2.20. The molecule has 1 N–H and O–H groups in total. The molecule has 0 aromatic heterocycles. The highest BCUT2D eigenvalue weighted by molar-refractivity contribution is 5.89. The molecule has 1 aliphatic carbocycles. The molecule has 0 aliphatic heterocycles. The summed E-state index contributed by atoms with van der Waals surface area (Å²) in [6, 6.07) is 17.5. The van der Waals surface area contributed by atoms with Crippen LogP contribution in [0, 0.1) is 5.92 Å². The number of carbonyl (C=O) groups excluding carboxylic acids is 1. The van der Waals surface area contributed by atoms with Crippen molar-refractivity contribution in [2.45, 2.75) is 25.8 Å². The molecule has 4 nitrogen and oxygen atoms in total. The van der Waals surface area contributed by atoms with E-state index < -0.39 is 0 Å². The molecular formula is C22H26N2O2. The SMILES string of the molecule is COc1ccc(CN(C[C@H]2CC=CCC2)C(=O)Nc2ccccc2)cc1. The van der Waals surface area contributed by atoms with Gasteiger partial charge in [0.1, 0.15) is 5.75 Å². The molecule has 1 atom stereocenters. The van der Waals surface area contributed by atoms with Crippen LogP contribution in [-0.4, -0.2) is 24.6 Å². The van der Waals surface area contributed by atoms with E-state index in [1.165, 1.54) is 0 Å². The molecule has 0 radical (unpaired) electrons. The Morgan fingerprint density at radius 3 is 2.54 bits per heavy atom. The second-order valence-corrected chi connectivity index (χ2v) is 6.68. The number of ether oxygens (including phenoxy) is 1. The predicted molar refractivity (Wildman–Crippen MR) is 105 cm³/mol. The van der Waals surface area contributed by atoms with Gasteiger partial charge in [-0.05, 0) is 55.0 Å². The van der Waals surface area contributed by atoms with E-state index in [1.807, 2.05) is 59.5 Å². The second kappa shape index (κ2) is 9.09. The van der Waals surface area contributed by atoms with Crippen LogP contribution in [-0.2, 0) is 6.54 Å². The maximum absolute atomic E-state index is 12.9. The van der Waals surface area contributed by atoms with Gasteiger partial charge in [0.2, 0.25) is 0 Å². The lowest BCUT2D eigenvalue weighted by molar-refractivity contribution is 0.195. The Bertz CT molecular complexity index is 726. The fourth-order valence-electron chi connectivity index (χ4n) is 3.23. The number of carbonyl (C=O) groups is 1. The van der Waals surface area contributed by atoms with Gasteiger partial charge in [0.25, 0.3) is 0 Å². The molecule has 2 aromatic rings. The van der Waals surface area contributed by atoms with E-state index in [9.17, 15) is 4.79 Å². The Morgan fingerprint density at radius 2 is 1.88 bits per heavy atom. The van der Waals surface area contributed by atoms with Crippen molar-refractivity contribution in [1.82, 2.24) is 4.90 Å². The molecule has 0 saturated heterocycles. The van der Waals surface area contributed by atoms with E-state index in [4.69, 9.17) is 4.74 Å². The lowest BCUT2D eigenvalue weighted by atomic mass is 9.94. The zero-order valence-electron chi connectivity index (χ0n) is 15.2. The molecular weight excluding hydrogens is 324 g/mol. The minimum Gasteiger partial charge on any atom is -0.497 e. The number of anilines is 1. The topological polar surface area (TPSA) is 41.6 Å². The number of urea groups is 1. The maximum atomic E-state index is 12.9. The van der Waals surface area contributed by atoms with Crippen LogP contribution in [0.1, 0.15) is 24.8 Å². The lowest BCUT2D eigenvalue weighted by Gasteiger charge is -2.28. The van der Waals surface area contributed by atoms with Gasteiger partial charge in [-0.15, -0.1) is 0 Å². The summed E-state index contributed by atoms with van der Waals surface area (Å²) < 4.78 is 5.22. The molecule has 136 valence electrons. The molecule has 0 unspecified atom stereocenters. The first kappa shape index (κ1) is 18.1. The van der Waals surface area contributed by atoms with E-state index in [1.54, 1.807) is 7.11 Å². The summed E-state index contributed by atoms with van der Waals surface area (Å²) in [5, 5.41) is 3.02. The van der Waals surface area contributed by atoms with Gasteiger partial charge < -0.3 is 15.0 Å². The third-order valence-electron chi connectivity index (χ3n) is 4.70. The smallest absolute Gasteiger partial charge is 0.322 e. The number of nitrogens with zero attached hydrogens (tertiary/aromatic N) is 1. The van der Waals surface area contributed by atoms with Crippen molar-refractivity contribution in [2.24, 2.45) is 5.92 Å². The van der Waals surface area contributed by atoms with Crippen molar-refractivity contribution in [1.29, 1.82) is 0 Å². The number of methoxy groups -OCH3 is 1. The number of para-hydroxylation sites is 1. The van der Waals surface area contributed by atoms with Crippen molar-refractivity contribution >= 4 is 11.7 Å². The number of allylic oxidation sites excluding steroid dienone is 2. The molecule has 26 heavy (non-hydrogen) atoms. The summed E-state index contributed by atoms with van der Waals surface area (Å²) in [6.45, 7) is 1.35. The van der Waals surface area contributed by atoms with Crippen LogP contribution in [0.15, 0.2) is 66.7 Å². The molecule has 2 aromatic carbocycles. The van der Waals surface area contributed by atoms with E-state index >= 15 is 0 Å². The van der Waals surface area contributed by atoms with E-state index in [0.717, 1.165) is 42.8 Å². The van der Waals surface area contributed by atoms with Crippen LogP contribution in [0.25, 0.3) is 0 Å². The van der Waals surface area contributed by atoms with Crippen LogP contribution < -0.4 is 10.1 Å². The van der Waals surface area contributed by atoms with Gasteiger partial charge in [-0.3, -0.25) is 0 Å².